The van der Waals surface area contributed by atoms with Gasteiger partial charge < -0.3 is 5.11 Å². The van der Waals surface area contributed by atoms with E-state index in [2.05, 4.69) is 5.11 Å². The number of aromatic hydroxyl groups is 1. The van der Waals surface area contributed by atoms with Gasteiger partial charge in [-0.1, -0.05) is 18.1 Å². The highest BCUT2D eigenvalue weighted by atomic mass is 16.3. The molecule has 0 radical (unpaired) electrons. The van der Waals surface area contributed by atoms with E-state index >= 15 is 0 Å². The summed E-state index contributed by atoms with van der Waals surface area (Å²) in [6.45, 7) is -2.76. The minimum atomic E-state index is -2.76. The molecule has 1 N–H and O–H groups in total. The molecular formula is C7H8O. The topological polar surface area (TPSA) is 20.2 Å². The first-order valence-electron chi connectivity index (χ1n) is 5.86. The van der Waals surface area contributed by atoms with Crippen molar-refractivity contribution in [3.63, 3.8) is 0 Å². The Labute approximate surface area is 59.9 Å². The van der Waals surface area contributed by atoms with Gasteiger partial charge in [0.2, 0.25) is 0 Å². The molecule has 1 aromatic carbocycles. The summed E-state index contributed by atoms with van der Waals surface area (Å²) in [6.07, 6.45) is 0. The number of hydrogen-bond acceptors (Lipinski definition) is 1. The van der Waals surface area contributed by atoms with Crippen molar-refractivity contribution in [2.75, 3.05) is 0 Å². The quantitative estimate of drug-likeness (QED) is 0.592. The average Bonchev–Trinajstić information content (AvgIpc) is 2.18. The van der Waals surface area contributed by atoms with Crippen LogP contribution in [0.25, 0.3) is 0 Å². The van der Waals surface area contributed by atoms with Crippen molar-refractivity contribution in [2.24, 2.45) is 0 Å². The molecule has 0 aliphatic heterocycles. The fraction of sp³-hybridized carbons (Fsp3) is 0.143. The largest absolute Gasteiger partial charge is 0.508 e. The zero-order valence-electron chi connectivity index (χ0n) is 11.9. The maximum Gasteiger partial charge on any atom is 0.293 e. The van der Waals surface area contributed by atoms with E-state index in [1.165, 1.54) is 0 Å². The standard InChI is InChI=1S/C7H8O/c1-6-4-2-3-5-7(6)8/h2-5,8H,1H3/i1D3,2D,3D,4D,5D/hD. The van der Waals surface area contributed by atoms with Crippen LogP contribution in [0, 0.1) is 6.85 Å². The molecular weight excluding hydrogens is 100 g/mol. The Bertz CT molecular complexity index is 424. The van der Waals surface area contributed by atoms with Crippen LogP contribution in [0.3, 0.4) is 0 Å². The lowest BCUT2D eigenvalue weighted by atomic mass is 10.2. The van der Waals surface area contributed by atoms with Gasteiger partial charge in [0.15, 0.2) is 0 Å². The highest BCUT2D eigenvalue weighted by molar-refractivity contribution is 5.29. The third-order valence-electron chi connectivity index (χ3n) is 0.653. The molecule has 0 amide bonds. The molecule has 0 aliphatic carbocycles. The van der Waals surface area contributed by atoms with Crippen molar-refractivity contribution < 1.29 is 14.7 Å². The monoisotopic (exact) mass is 116 g/mol. The van der Waals surface area contributed by atoms with Gasteiger partial charge in [-0.2, -0.15) is 0 Å². The molecule has 0 unspecified atom stereocenters. The second-order valence-corrected chi connectivity index (χ2v) is 1.20. The van der Waals surface area contributed by atoms with E-state index < -0.39 is 42.3 Å². The van der Waals surface area contributed by atoms with Crippen LogP contribution in [0.4, 0.5) is 0 Å². The zero-order chi connectivity index (χ0) is 12.7. The summed E-state index contributed by atoms with van der Waals surface area (Å²) >= 11 is 0. The van der Waals surface area contributed by atoms with Crippen LogP contribution in [0.2, 0.25) is 0 Å². The Morgan fingerprint density at radius 3 is 3.38 bits per heavy atom. The van der Waals surface area contributed by atoms with Gasteiger partial charge in [-0.05, 0) is 18.5 Å². The van der Waals surface area contributed by atoms with Gasteiger partial charge in [0.25, 0.3) is 1.43 Å². The van der Waals surface area contributed by atoms with Crippen LogP contribution in [0.15, 0.2) is 24.2 Å². The predicted molar refractivity (Wildman–Crippen MR) is 32.8 cm³/mol. The van der Waals surface area contributed by atoms with Crippen LogP contribution in [0.1, 0.15) is 15.2 Å². The van der Waals surface area contributed by atoms with E-state index in [0.717, 1.165) is 0 Å². The highest BCUT2D eigenvalue weighted by Gasteiger charge is 1.86. The lowest BCUT2D eigenvalue weighted by Gasteiger charge is -1.92. The van der Waals surface area contributed by atoms with Crippen molar-refractivity contribution in [1.29, 1.82) is 1.43 Å². The summed E-state index contributed by atoms with van der Waals surface area (Å²) in [5, 5.41) is 4.00. The minimum Gasteiger partial charge on any atom is -0.508 e. The minimum absolute atomic E-state index is 0.625. The number of para-hydroxylation sites is 1. The molecule has 0 saturated heterocycles. The van der Waals surface area contributed by atoms with Crippen molar-refractivity contribution >= 4 is 0 Å². The number of phenolic OH excluding ortho intramolecular Hbond substituents is 1. The Morgan fingerprint density at radius 2 is 2.62 bits per heavy atom. The summed E-state index contributed by atoms with van der Waals surface area (Å²) < 4.78 is 57.5. The van der Waals surface area contributed by atoms with E-state index in [0.29, 0.717) is 0 Å². The van der Waals surface area contributed by atoms with Gasteiger partial charge in [-0.3, -0.25) is 0 Å². The fourth-order valence-corrected chi connectivity index (χ4v) is 0.301. The summed E-state index contributed by atoms with van der Waals surface area (Å²) in [5.74, 6) is -0.661. The van der Waals surface area contributed by atoms with Crippen LogP contribution in [-0.4, -0.2) is 6.54 Å². The van der Waals surface area contributed by atoms with Gasteiger partial charge in [0.1, 0.15) is 5.75 Å². The fourth-order valence-electron chi connectivity index (χ4n) is 0.301. The van der Waals surface area contributed by atoms with Crippen LogP contribution >= 0.6 is 0 Å². The molecule has 1 nitrogen and oxygen atoms in total. The van der Waals surface area contributed by atoms with Gasteiger partial charge >= 0.3 is 0 Å². The molecule has 1 rings (SSSR count). The molecule has 1 heteroatoms. The van der Waals surface area contributed by atoms with Crippen LogP contribution < -0.4 is 0 Å². The van der Waals surface area contributed by atoms with Crippen molar-refractivity contribution in [3.05, 3.63) is 29.7 Å². The van der Waals surface area contributed by atoms with Gasteiger partial charge in [0, 0.05) is 4.11 Å². The molecule has 0 saturated carbocycles. The number of hydrogen-bond donors (Lipinski definition) is 1. The summed E-state index contributed by atoms with van der Waals surface area (Å²) in [5.41, 5.74) is -0.673. The van der Waals surface area contributed by atoms with E-state index in [4.69, 9.17) is 11.0 Å². The first-order chi connectivity index (χ1) is 7.21. The Morgan fingerprint density at radius 1 is 1.75 bits per heavy atom. The third kappa shape index (κ3) is 0.808. The van der Waals surface area contributed by atoms with E-state index in [-0.39, 0.29) is 0 Å². The van der Waals surface area contributed by atoms with Gasteiger partial charge in [-0.25, -0.2) is 0 Å². The molecule has 0 aromatic heterocycles. The highest BCUT2D eigenvalue weighted by Crippen LogP contribution is 2.12. The van der Waals surface area contributed by atoms with Crippen LogP contribution in [0.5, 0.6) is 5.75 Å². The molecule has 0 bridgehead atoms. The van der Waals surface area contributed by atoms with Crippen molar-refractivity contribution in [1.82, 2.24) is 0 Å². The summed E-state index contributed by atoms with van der Waals surface area (Å²) in [7, 11) is 0. The van der Waals surface area contributed by atoms with Crippen molar-refractivity contribution in [2.45, 2.75) is 6.85 Å². The molecule has 0 heterocycles. The average molecular weight is 116 g/mol. The first-order valence-corrected chi connectivity index (χ1v) is 1.95. The molecule has 42 valence electrons. The maximum atomic E-state index is 7.42. The SMILES string of the molecule is [2H]Oc1c([2H])c([2H])c([2H])c([2H])c1C([2H])([2H])[2H]. The first kappa shape index (κ1) is 1.13. The molecule has 0 fully saturated rings. The Hall–Kier alpha value is -0.980. The second kappa shape index (κ2) is 1.86. The van der Waals surface area contributed by atoms with E-state index in [9.17, 15) is 0 Å². The number of rotatable bonds is 1. The lowest BCUT2D eigenvalue weighted by Crippen LogP contribution is -1.68. The summed E-state index contributed by atoms with van der Waals surface area (Å²) in [4.78, 5) is 0. The van der Waals surface area contributed by atoms with Crippen molar-refractivity contribution in [3.8, 4) is 5.75 Å². The zero-order valence-corrected chi connectivity index (χ0v) is 3.91. The maximum absolute atomic E-state index is 7.42. The molecule has 0 aliphatic rings. The van der Waals surface area contributed by atoms with E-state index in [1.54, 1.807) is 0 Å². The summed E-state index contributed by atoms with van der Waals surface area (Å²) in [6, 6.07) is -2.65. The van der Waals surface area contributed by atoms with Gasteiger partial charge in [-0.15, -0.1) is 0 Å². The number of phenols is 1. The Balaban J connectivity index is 3.72. The molecule has 0 atom stereocenters. The lowest BCUT2D eigenvalue weighted by molar-refractivity contribution is 0.471. The van der Waals surface area contributed by atoms with Gasteiger partial charge in [0.05, 0.1) is 5.48 Å². The van der Waals surface area contributed by atoms with Crippen LogP contribution in [-0.2, 0) is 0 Å². The Kier molecular flexibility index (Phi) is 0.263. The molecule has 0 spiro atoms. The number of benzene rings is 1. The second-order valence-electron chi connectivity index (χ2n) is 1.20. The smallest absolute Gasteiger partial charge is 0.293 e. The molecule has 8 heavy (non-hydrogen) atoms. The normalized spacial score (nSPS) is 24.5. The third-order valence-corrected chi connectivity index (χ3v) is 0.653. The molecule has 1 aromatic rings. The predicted octanol–water partition coefficient (Wildman–Crippen LogP) is 1.70. The van der Waals surface area contributed by atoms with E-state index in [1.807, 2.05) is 0 Å².